The number of halogens is 4. The van der Waals surface area contributed by atoms with E-state index in [-0.39, 0.29) is 10.0 Å². The molecule has 0 amide bonds. The maximum atomic E-state index is 13.8. The lowest BCUT2D eigenvalue weighted by molar-refractivity contribution is 0.572. The normalized spacial score (nSPS) is 12.5. The summed E-state index contributed by atoms with van der Waals surface area (Å²) in [7, 11) is 0. The highest BCUT2D eigenvalue weighted by Crippen LogP contribution is 2.28. The van der Waals surface area contributed by atoms with Crippen LogP contribution in [0.4, 0.5) is 8.78 Å². The van der Waals surface area contributed by atoms with Gasteiger partial charge in [-0.3, -0.25) is 0 Å². The molecule has 0 aliphatic carbocycles. The number of nitrogens with two attached hydrogens (primary N) is 1. The van der Waals surface area contributed by atoms with E-state index in [2.05, 4.69) is 31.9 Å². The van der Waals surface area contributed by atoms with Crippen molar-refractivity contribution >= 4 is 31.9 Å². The van der Waals surface area contributed by atoms with Gasteiger partial charge in [-0.25, -0.2) is 8.78 Å². The van der Waals surface area contributed by atoms with Crippen molar-refractivity contribution in [3.8, 4) is 0 Å². The van der Waals surface area contributed by atoms with Crippen LogP contribution >= 0.6 is 31.9 Å². The van der Waals surface area contributed by atoms with Crippen LogP contribution in [0.2, 0.25) is 0 Å². The molecule has 1 nitrogen and oxygen atoms in total. The van der Waals surface area contributed by atoms with Gasteiger partial charge in [0.15, 0.2) is 0 Å². The second-order valence-electron chi connectivity index (χ2n) is 3.82. The van der Waals surface area contributed by atoms with Gasteiger partial charge in [-0.1, -0.05) is 28.1 Å². The highest BCUT2D eigenvalue weighted by Gasteiger charge is 2.16. The summed E-state index contributed by atoms with van der Waals surface area (Å²) in [5.74, 6) is -1.06. The van der Waals surface area contributed by atoms with Crippen LogP contribution in [0.25, 0.3) is 0 Å². The molecule has 0 fully saturated rings. The van der Waals surface area contributed by atoms with Crippen molar-refractivity contribution in [2.45, 2.75) is 6.04 Å². The molecule has 2 N–H and O–H groups in total. The molecule has 94 valence electrons. The highest BCUT2D eigenvalue weighted by molar-refractivity contribution is 9.10. The van der Waals surface area contributed by atoms with Crippen LogP contribution in [0, 0.1) is 11.6 Å². The fraction of sp³-hybridized carbons (Fsp3) is 0.0769. The first kappa shape index (κ1) is 13.6. The Kier molecular flexibility index (Phi) is 4.14. The minimum absolute atomic E-state index is 0.0881. The largest absolute Gasteiger partial charge is 0.320 e. The maximum absolute atomic E-state index is 13.8. The summed E-state index contributed by atoms with van der Waals surface area (Å²) in [6.07, 6.45) is 0. The van der Waals surface area contributed by atoms with E-state index in [4.69, 9.17) is 5.73 Å². The Morgan fingerprint density at radius 1 is 1.00 bits per heavy atom. The Bertz CT molecular complexity index is 587. The Hall–Kier alpha value is -0.780. The summed E-state index contributed by atoms with van der Waals surface area (Å²) in [4.78, 5) is 0. The lowest BCUT2D eigenvalue weighted by Gasteiger charge is -2.14. The van der Waals surface area contributed by atoms with Crippen LogP contribution in [0.5, 0.6) is 0 Å². The Balaban J connectivity index is 2.46. The lowest BCUT2D eigenvalue weighted by Crippen LogP contribution is -2.14. The zero-order chi connectivity index (χ0) is 13.3. The summed E-state index contributed by atoms with van der Waals surface area (Å²) in [5.41, 5.74) is 6.81. The van der Waals surface area contributed by atoms with Crippen LogP contribution in [0.1, 0.15) is 17.2 Å². The van der Waals surface area contributed by atoms with Crippen molar-refractivity contribution < 1.29 is 8.78 Å². The molecule has 0 aliphatic heterocycles. The number of benzene rings is 2. The Morgan fingerprint density at radius 3 is 2.39 bits per heavy atom. The van der Waals surface area contributed by atoms with Crippen LogP contribution in [0.3, 0.4) is 0 Å². The first-order valence-electron chi connectivity index (χ1n) is 5.14. The predicted molar refractivity (Wildman–Crippen MR) is 74.2 cm³/mol. The van der Waals surface area contributed by atoms with Gasteiger partial charge < -0.3 is 5.73 Å². The average molecular weight is 377 g/mol. The summed E-state index contributed by atoms with van der Waals surface area (Å²) in [6.45, 7) is 0. The second-order valence-corrected chi connectivity index (χ2v) is 5.59. The average Bonchev–Trinajstić information content (AvgIpc) is 2.33. The molecular weight excluding hydrogens is 368 g/mol. The molecule has 2 aromatic rings. The molecular formula is C13H9Br2F2N. The van der Waals surface area contributed by atoms with Gasteiger partial charge in [0.05, 0.1) is 10.5 Å². The van der Waals surface area contributed by atoms with Crippen LogP contribution in [-0.2, 0) is 0 Å². The van der Waals surface area contributed by atoms with Gasteiger partial charge in [-0.05, 0) is 45.8 Å². The van der Waals surface area contributed by atoms with Gasteiger partial charge in [0.25, 0.3) is 0 Å². The van der Waals surface area contributed by atoms with Gasteiger partial charge in [0.1, 0.15) is 11.6 Å². The van der Waals surface area contributed by atoms with Crippen molar-refractivity contribution in [2.75, 3.05) is 0 Å². The summed E-state index contributed by atoms with van der Waals surface area (Å²) in [5, 5.41) is 0. The van der Waals surface area contributed by atoms with E-state index < -0.39 is 17.7 Å². The lowest BCUT2D eigenvalue weighted by atomic mass is 9.99. The third-order valence-corrected chi connectivity index (χ3v) is 3.68. The Labute approximate surface area is 120 Å². The molecule has 2 rings (SSSR count). The van der Waals surface area contributed by atoms with Gasteiger partial charge in [0, 0.05) is 10.0 Å². The monoisotopic (exact) mass is 375 g/mol. The van der Waals surface area contributed by atoms with Gasteiger partial charge in [0.2, 0.25) is 0 Å². The number of hydrogen-bond acceptors (Lipinski definition) is 1. The molecule has 1 atom stereocenters. The third kappa shape index (κ3) is 2.79. The smallest absolute Gasteiger partial charge is 0.137 e. The summed E-state index contributed by atoms with van der Waals surface area (Å²) < 4.78 is 28.1. The molecule has 0 saturated heterocycles. The van der Waals surface area contributed by atoms with Crippen molar-refractivity contribution in [3.63, 3.8) is 0 Å². The molecule has 0 radical (unpaired) electrons. The number of rotatable bonds is 2. The SMILES string of the molecule is NC(c1cccc(Br)c1)c1cc(F)c(Br)cc1F. The quantitative estimate of drug-likeness (QED) is 0.765. The van der Waals surface area contributed by atoms with E-state index in [1.54, 1.807) is 18.2 Å². The van der Waals surface area contributed by atoms with Crippen molar-refractivity contribution in [3.05, 3.63) is 68.1 Å². The van der Waals surface area contributed by atoms with E-state index in [1.165, 1.54) is 0 Å². The molecule has 1 unspecified atom stereocenters. The minimum Gasteiger partial charge on any atom is -0.320 e. The van der Waals surface area contributed by atoms with Crippen LogP contribution < -0.4 is 5.73 Å². The van der Waals surface area contributed by atoms with Crippen molar-refractivity contribution in [2.24, 2.45) is 5.73 Å². The van der Waals surface area contributed by atoms with Gasteiger partial charge in [-0.2, -0.15) is 0 Å². The molecule has 5 heteroatoms. The van der Waals surface area contributed by atoms with Gasteiger partial charge in [-0.15, -0.1) is 0 Å². The second kappa shape index (κ2) is 5.47. The summed E-state index contributed by atoms with van der Waals surface area (Å²) >= 11 is 6.25. The molecule has 0 spiro atoms. The topological polar surface area (TPSA) is 26.0 Å². The molecule has 2 aromatic carbocycles. The van der Waals surface area contributed by atoms with Crippen molar-refractivity contribution in [1.29, 1.82) is 0 Å². The first-order chi connectivity index (χ1) is 8.49. The first-order valence-corrected chi connectivity index (χ1v) is 6.73. The molecule has 0 saturated carbocycles. The van der Waals surface area contributed by atoms with E-state index in [0.717, 1.165) is 16.6 Å². The van der Waals surface area contributed by atoms with Gasteiger partial charge >= 0.3 is 0 Å². The van der Waals surface area contributed by atoms with E-state index in [0.29, 0.717) is 5.56 Å². The molecule has 0 aliphatic rings. The Morgan fingerprint density at radius 2 is 1.72 bits per heavy atom. The molecule has 0 aromatic heterocycles. The summed E-state index contributed by atoms with van der Waals surface area (Å²) in [6, 6.07) is 8.69. The minimum atomic E-state index is -0.704. The van der Waals surface area contributed by atoms with E-state index in [9.17, 15) is 8.78 Å². The van der Waals surface area contributed by atoms with Crippen LogP contribution in [0.15, 0.2) is 45.3 Å². The third-order valence-electron chi connectivity index (χ3n) is 2.58. The molecule has 0 heterocycles. The predicted octanol–water partition coefficient (Wildman–Crippen LogP) is 4.54. The van der Waals surface area contributed by atoms with Crippen LogP contribution in [-0.4, -0.2) is 0 Å². The van der Waals surface area contributed by atoms with E-state index in [1.807, 2.05) is 6.07 Å². The number of hydrogen-bond donors (Lipinski definition) is 1. The highest BCUT2D eigenvalue weighted by atomic mass is 79.9. The van der Waals surface area contributed by atoms with E-state index >= 15 is 0 Å². The molecule has 18 heavy (non-hydrogen) atoms. The zero-order valence-electron chi connectivity index (χ0n) is 9.13. The zero-order valence-corrected chi connectivity index (χ0v) is 12.3. The maximum Gasteiger partial charge on any atom is 0.137 e. The fourth-order valence-electron chi connectivity index (χ4n) is 1.66. The molecule has 0 bridgehead atoms. The standard InChI is InChI=1S/C13H9Br2F2N/c14-8-3-1-2-7(4-8)13(18)9-5-12(17)10(15)6-11(9)16/h1-6,13H,18H2. The van der Waals surface area contributed by atoms with Crippen molar-refractivity contribution in [1.82, 2.24) is 0 Å². The fourth-order valence-corrected chi connectivity index (χ4v) is 2.39.